The number of para-hydroxylation sites is 2. The van der Waals surface area contributed by atoms with E-state index in [0.29, 0.717) is 33.9 Å². The van der Waals surface area contributed by atoms with Crippen molar-refractivity contribution in [1.29, 1.82) is 0 Å². The van der Waals surface area contributed by atoms with Crippen LogP contribution in [0.2, 0.25) is 5.02 Å². The van der Waals surface area contributed by atoms with Crippen molar-refractivity contribution in [3.8, 4) is 17.3 Å². The summed E-state index contributed by atoms with van der Waals surface area (Å²) in [6.45, 7) is 2.31. The Hall–Kier alpha value is -2.90. The summed E-state index contributed by atoms with van der Waals surface area (Å²) in [4.78, 5) is 0.683. The Bertz CT molecular complexity index is 1270. The van der Waals surface area contributed by atoms with Gasteiger partial charge in [-0.05, 0) is 25.1 Å². The summed E-state index contributed by atoms with van der Waals surface area (Å²) in [5.74, 6) is 1.88. The Kier molecular flexibility index (Phi) is 3.84. The van der Waals surface area contributed by atoms with Crippen LogP contribution in [-0.2, 0) is 6.61 Å². The van der Waals surface area contributed by atoms with Crippen molar-refractivity contribution in [3.05, 3.63) is 64.1 Å². The summed E-state index contributed by atoms with van der Waals surface area (Å²) in [5.41, 5.74) is 1.83. The molecular formula is C19H13ClN4O2S. The Morgan fingerprint density at radius 3 is 2.78 bits per heavy atom. The second-order valence-electron chi connectivity index (χ2n) is 5.99. The number of benzene rings is 2. The fourth-order valence-electron chi connectivity index (χ4n) is 2.95. The van der Waals surface area contributed by atoms with Gasteiger partial charge in [-0.15, -0.1) is 10.2 Å². The smallest absolute Gasteiger partial charge is 0.235 e. The molecule has 0 unspecified atom stereocenters. The number of fused-ring (bicyclic) bond motifs is 2. The molecule has 0 bridgehead atoms. The molecular weight excluding hydrogens is 384 g/mol. The molecule has 5 rings (SSSR count). The number of aryl methyl sites for hydroxylation is 1. The number of furan rings is 1. The maximum absolute atomic E-state index is 6.13. The van der Waals surface area contributed by atoms with E-state index in [1.807, 2.05) is 49.4 Å². The summed E-state index contributed by atoms with van der Waals surface area (Å²) < 4.78 is 13.5. The fraction of sp³-hybridized carbons (Fsp3) is 0.105. The summed E-state index contributed by atoms with van der Waals surface area (Å²) in [5, 5.41) is 15.5. The zero-order valence-corrected chi connectivity index (χ0v) is 15.8. The molecule has 3 heterocycles. The van der Waals surface area contributed by atoms with Gasteiger partial charge in [0.15, 0.2) is 10.8 Å². The minimum Gasteiger partial charge on any atom is -0.485 e. The van der Waals surface area contributed by atoms with Crippen molar-refractivity contribution >= 4 is 38.9 Å². The average molecular weight is 397 g/mol. The Labute approximate surface area is 163 Å². The number of rotatable bonds is 4. The van der Waals surface area contributed by atoms with Gasteiger partial charge in [-0.2, -0.15) is 9.61 Å². The molecule has 134 valence electrons. The first-order valence-corrected chi connectivity index (χ1v) is 9.47. The van der Waals surface area contributed by atoms with E-state index in [2.05, 4.69) is 15.3 Å². The van der Waals surface area contributed by atoms with Crippen LogP contribution in [0.5, 0.6) is 5.75 Å². The molecule has 0 atom stereocenters. The molecule has 8 heteroatoms. The molecule has 0 aliphatic heterocycles. The Morgan fingerprint density at radius 2 is 1.93 bits per heavy atom. The Balaban J connectivity index is 1.50. The summed E-state index contributed by atoms with van der Waals surface area (Å²) in [6, 6.07) is 15.3. The molecule has 2 aromatic carbocycles. The number of hydrogen-bond acceptors (Lipinski definition) is 6. The van der Waals surface area contributed by atoms with E-state index in [0.717, 1.165) is 21.5 Å². The lowest BCUT2D eigenvalue weighted by Crippen LogP contribution is -1.98. The second kappa shape index (κ2) is 6.37. The number of nitrogens with zero attached hydrogens (tertiary/aromatic N) is 4. The van der Waals surface area contributed by atoms with Crippen LogP contribution in [-0.4, -0.2) is 19.8 Å². The number of ether oxygens (including phenoxy) is 1. The first-order valence-electron chi connectivity index (χ1n) is 8.27. The first-order chi connectivity index (χ1) is 13.2. The molecule has 0 saturated carbocycles. The van der Waals surface area contributed by atoms with Gasteiger partial charge in [-0.25, -0.2) is 0 Å². The summed E-state index contributed by atoms with van der Waals surface area (Å²) in [7, 11) is 0. The standard InChI is InChI=1S/C19H13ClN4O2S/c1-11-12-6-2-4-8-14(12)26-17(11)18-21-22-19-24(18)23-16(27-19)10-25-15-9-5-3-7-13(15)20/h2-9H,10H2,1H3. The molecule has 27 heavy (non-hydrogen) atoms. The van der Waals surface area contributed by atoms with Gasteiger partial charge in [-0.1, -0.05) is 53.3 Å². The lowest BCUT2D eigenvalue weighted by molar-refractivity contribution is 0.304. The van der Waals surface area contributed by atoms with Crippen molar-refractivity contribution in [3.63, 3.8) is 0 Å². The van der Waals surface area contributed by atoms with Crippen LogP contribution in [0.3, 0.4) is 0 Å². The number of aromatic nitrogens is 4. The normalized spacial score (nSPS) is 11.5. The van der Waals surface area contributed by atoms with E-state index in [4.69, 9.17) is 20.8 Å². The van der Waals surface area contributed by atoms with Crippen LogP contribution < -0.4 is 4.74 Å². The van der Waals surface area contributed by atoms with Gasteiger partial charge in [0.2, 0.25) is 10.8 Å². The first kappa shape index (κ1) is 16.3. The van der Waals surface area contributed by atoms with Gasteiger partial charge in [0.05, 0.1) is 5.02 Å². The van der Waals surface area contributed by atoms with Crippen LogP contribution in [0.1, 0.15) is 10.6 Å². The zero-order valence-electron chi connectivity index (χ0n) is 14.2. The van der Waals surface area contributed by atoms with Gasteiger partial charge in [0, 0.05) is 10.9 Å². The highest BCUT2D eigenvalue weighted by Crippen LogP contribution is 2.33. The van der Waals surface area contributed by atoms with Crippen molar-refractivity contribution in [1.82, 2.24) is 19.8 Å². The molecule has 0 amide bonds. The highest BCUT2D eigenvalue weighted by atomic mass is 35.5. The van der Waals surface area contributed by atoms with E-state index in [1.165, 1.54) is 11.3 Å². The van der Waals surface area contributed by atoms with Crippen molar-refractivity contribution in [2.75, 3.05) is 0 Å². The molecule has 0 aliphatic rings. The SMILES string of the molecule is Cc1c(-c2nnc3sc(COc4ccccc4Cl)nn23)oc2ccccc12. The molecule has 0 saturated heterocycles. The van der Waals surface area contributed by atoms with E-state index in [1.54, 1.807) is 10.6 Å². The highest BCUT2D eigenvalue weighted by Gasteiger charge is 2.20. The summed E-state index contributed by atoms with van der Waals surface area (Å²) >= 11 is 7.55. The molecule has 6 nitrogen and oxygen atoms in total. The monoisotopic (exact) mass is 396 g/mol. The van der Waals surface area contributed by atoms with E-state index in [9.17, 15) is 0 Å². The molecule has 0 spiro atoms. The van der Waals surface area contributed by atoms with Crippen molar-refractivity contribution < 1.29 is 9.15 Å². The topological polar surface area (TPSA) is 65.5 Å². The lowest BCUT2D eigenvalue weighted by Gasteiger charge is -2.04. The van der Waals surface area contributed by atoms with Gasteiger partial charge >= 0.3 is 0 Å². The van der Waals surface area contributed by atoms with E-state index < -0.39 is 0 Å². The van der Waals surface area contributed by atoms with Crippen molar-refractivity contribution in [2.24, 2.45) is 0 Å². The predicted molar refractivity (Wildman–Crippen MR) is 104 cm³/mol. The number of hydrogen-bond donors (Lipinski definition) is 0. The summed E-state index contributed by atoms with van der Waals surface area (Å²) in [6.07, 6.45) is 0. The van der Waals surface area contributed by atoms with Crippen LogP contribution in [0.4, 0.5) is 0 Å². The third-order valence-corrected chi connectivity index (χ3v) is 5.45. The molecule has 0 N–H and O–H groups in total. The molecule has 0 aliphatic carbocycles. The largest absolute Gasteiger partial charge is 0.485 e. The number of halogens is 1. The second-order valence-corrected chi connectivity index (χ2v) is 7.43. The molecule has 5 aromatic rings. The van der Waals surface area contributed by atoms with Crippen LogP contribution >= 0.6 is 22.9 Å². The molecule has 0 fully saturated rings. The van der Waals surface area contributed by atoms with Gasteiger partial charge in [0.25, 0.3) is 0 Å². The predicted octanol–water partition coefficient (Wildman–Crippen LogP) is 5.14. The maximum atomic E-state index is 6.13. The maximum Gasteiger partial charge on any atom is 0.235 e. The quantitative estimate of drug-likeness (QED) is 0.421. The lowest BCUT2D eigenvalue weighted by atomic mass is 10.1. The minimum absolute atomic E-state index is 0.302. The fourth-order valence-corrected chi connectivity index (χ4v) is 3.88. The molecule has 0 radical (unpaired) electrons. The van der Waals surface area contributed by atoms with Gasteiger partial charge < -0.3 is 9.15 Å². The molecule has 3 aromatic heterocycles. The highest BCUT2D eigenvalue weighted by molar-refractivity contribution is 7.16. The van der Waals surface area contributed by atoms with Gasteiger partial charge in [0.1, 0.15) is 17.9 Å². The van der Waals surface area contributed by atoms with Crippen LogP contribution in [0.15, 0.2) is 52.9 Å². The third kappa shape index (κ3) is 2.75. The van der Waals surface area contributed by atoms with Crippen molar-refractivity contribution in [2.45, 2.75) is 13.5 Å². The van der Waals surface area contributed by atoms with E-state index in [-0.39, 0.29) is 0 Å². The minimum atomic E-state index is 0.302. The average Bonchev–Trinajstić information content (AvgIpc) is 3.34. The van der Waals surface area contributed by atoms with Crippen LogP contribution in [0, 0.1) is 6.92 Å². The third-order valence-electron chi connectivity index (χ3n) is 4.27. The van der Waals surface area contributed by atoms with E-state index >= 15 is 0 Å². The van der Waals surface area contributed by atoms with Crippen LogP contribution in [0.25, 0.3) is 27.5 Å². The van der Waals surface area contributed by atoms with Gasteiger partial charge in [-0.3, -0.25) is 0 Å². The zero-order chi connectivity index (χ0) is 18.4. The Morgan fingerprint density at radius 1 is 1.11 bits per heavy atom.